The van der Waals surface area contributed by atoms with E-state index in [0.29, 0.717) is 0 Å². The van der Waals surface area contributed by atoms with Crippen LogP contribution in [0.15, 0.2) is 23.8 Å². The predicted molar refractivity (Wildman–Crippen MR) is 47.3 cm³/mol. The molecule has 0 amide bonds. The first-order valence-electron chi connectivity index (χ1n) is 3.68. The maximum absolute atomic E-state index is 13.1. The number of benzene rings is 1. The second-order valence-electron chi connectivity index (χ2n) is 2.49. The minimum Gasteiger partial charge on any atom is -0.508 e. The van der Waals surface area contributed by atoms with E-state index in [9.17, 15) is 4.39 Å². The Hall–Kier alpha value is -2.33. The van der Waals surface area contributed by atoms with Gasteiger partial charge in [-0.2, -0.15) is 10.5 Å². The Labute approximate surface area is 79.9 Å². The van der Waals surface area contributed by atoms with Gasteiger partial charge in [-0.25, -0.2) is 4.39 Å². The average Bonchev–Trinajstić information content (AvgIpc) is 2.17. The lowest BCUT2D eigenvalue weighted by Gasteiger charge is -1.96. The molecule has 1 aromatic rings. The zero-order valence-electron chi connectivity index (χ0n) is 7.03. The van der Waals surface area contributed by atoms with Crippen molar-refractivity contribution in [2.75, 3.05) is 0 Å². The molecule has 0 bridgehead atoms. The third kappa shape index (κ3) is 2.09. The molecule has 68 valence electrons. The highest BCUT2D eigenvalue weighted by Crippen LogP contribution is 2.17. The Kier molecular flexibility index (Phi) is 2.83. The largest absolute Gasteiger partial charge is 0.508 e. The molecule has 0 aliphatic heterocycles. The molecule has 3 nitrogen and oxygen atoms in total. The Balaban J connectivity index is 3.18. The first kappa shape index (κ1) is 9.76. The lowest BCUT2D eigenvalue weighted by molar-refractivity contribution is 0.469. The molecule has 0 radical (unpaired) electrons. The minimum atomic E-state index is -0.673. The molecule has 1 aromatic carbocycles. The second-order valence-corrected chi connectivity index (χ2v) is 2.49. The summed E-state index contributed by atoms with van der Waals surface area (Å²) < 4.78 is 13.1. The number of hydrogen-bond donors (Lipinski definition) is 1. The lowest BCUT2D eigenvalue weighted by atomic mass is 10.1. The van der Waals surface area contributed by atoms with E-state index in [-0.39, 0.29) is 16.9 Å². The molecule has 0 aliphatic carbocycles. The number of hydrogen-bond acceptors (Lipinski definition) is 3. The van der Waals surface area contributed by atoms with Crippen LogP contribution < -0.4 is 0 Å². The summed E-state index contributed by atoms with van der Waals surface area (Å²) in [4.78, 5) is 0. The molecule has 0 aliphatic rings. The summed E-state index contributed by atoms with van der Waals surface area (Å²) in [5.41, 5.74) is -0.0875. The first-order chi connectivity index (χ1) is 6.67. The molecule has 1 N–H and O–H groups in total. The van der Waals surface area contributed by atoms with Crippen LogP contribution in [0.4, 0.5) is 4.39 Å². The number of allylic oxidation sites excluding steroid dienone is 1. The van der Waals surface area contributed by atoms with Crippen LogP contribution in [0.2, 0.25) is 0 Å². The van der Waals surface area contributed by atoms with Gasteiger partial charge in [-0.05, 0) is 18.2 Å². The van der Waals surface area contributed by atoms with Gasteiger partial charge in [-0.3, -0.25) is 0 Å². The zero-order chi connectivity index (χ0) is 10.6. The van der Waals surface area contributed by atoms with Gasteiger partial charge in [-0.1, -0.05) is 0 Å². The van der Waals surface area contributed by atoms with Crippen LogP contribution in [0, 0.1) is 28.5 Å². The maximum atomic E-state index is 13.1. The van der Waals surface area contributed by atoms with E-state index in [1.165, 1.54) is 12.1 Å². The van der Waals surface area contributed by atoms with Gasteiger partial charge in [0.05, 0.1) is 0 Å². The SMILES string of the molecule is N#CC(C#N)=Cc1ccc(O)cc1F. The van der Waals surface area contributed by atoms with Gasteiger partial charge in [0.15, 0.2) is 0 Å². The number of phenols is 1. The molecular weight excluding hydrogens is 183 g/mol. The molecule has 4 heteroatoms. The van der Waals surface area contributed by atoms with Crippen LogP contribution in [0.25, 0.3) is 6.08 Å². The summed E-state index contributed by atoms with van der Waals surface area (Å²) in [6.07, 6.45) is 1.12. The Morgan fingerprint density at radius 1 is 1.36 bits per heavy atom. The van der Waals surface area contributed by atoms with Gasteiger partial charge in [0, 0.05) is 11.6 Å². The molecular formula is C10H5FN2O. The van der Waals surface area contributed by atoms with Gasteiger partial charge in [0.25, 0.3) is 0 Å². The number of aromatic hydroxyl groups is 1. The van der Waals surface area contributed by atoms with Crippen molar-refractivity contribution < 1.29 is 9.50 Å². The van der Waals surface area contributed by atoms with E-state index < -0.39 is 5.82 Å². The van der Waals surface area contributed by atoms with Crippen LogP contribution >= 0.6 is 0 Å². The third-order valence-corrected chi connectivity index (χ3v) is 1.52. The molecule has 0 fully saturated rings. The van der Waals surface area contributed by atoms with E-state index >= 15 is 0 Å². The molecule has 0 aromatic heterocycles. The van der Waals surface area contributed by atoms with Crippen molar-refractivity contribution in [2.45, 2.75) is 0 Å². The Morgan fingerprint density at radius 2 is 2.00 bits per heavy atom. The fourth-order valence-corrected chi connectivity index (χ4v) is 0.878. The summed E-state index contributed by atoms with van der Waals surface area (Å²) in [5, 5.41) is 25.7. The zero-order valence-corrected chi connectivity index (χ0v) is 7.03. The molecule has 0 atom stereocenters. The maximum Gasteiger partial charge on any atom is 0.134 e. The quantitative estimate of drug-likeness (QED) is 0.685. The minimum absolute atomic E-state index is 0.0981. The predicted octanol–water partition coefficient (Wildman–Crippen LogP) is 1.96. The molecule has 0 unspecified atom stereocenters. The number of rotatable bonds is 1. The normalized spacial score (nSPS) is 8.50. The van der Waals surface area contributed by atoms with Crippen molar-refractivity contribution in [3.63, 3.8) is 0 Å². The number of nitriles is 2. The standard InChI is InChI=1S/C10H5FN2O/c11-10-4-9(14)2-1-8(10)3-7(5-12)6-13/h1-4,14H. The monoisotopic (exact) mass is 188 g/mol. The highest BCUT2D eigenvalue weighted by atomic mass is 19.1. The molecule has 1 rings (SSSR count). The van der Waals surface area contributed by atoms with E-state index in [0.717, 1.165) is 12.1 Å². The van der Waals surface area contributed by atoms with Crippen LogP contribution in [0.1, 0.15) is 5.56 Å². The van der Waals surface area contributed by atoms with E-state index in [1.54, 1.807) is 12.1 Å². The smallest absolute Gasteiger partial charge is 0.134 e. The first-order valence-corrected chi connectivity index (χ1v) is 3.68. The average molecular weight is 188 g/mol. The molecule has 0 heterocycles. The van der Waals surface area contributed by atoms with Gasteiger partial charge >= 0.3 is 0 Å². The van der Waals surface area contributed by atoms with Crippen molar-refractivity contribution in [3.8, 4) is 17.9 Å². The summed E-state index contributed by atoms with van der Waals surface area (Å²) in [6.45, 7) is 0. The fraction of sp³-hybridized carbons (Fsp3) is 0. The van der Waals surface area contributed by atoms with Crippen molar-refractivity contribution in [1.29, 1.82) is 10.5 Å². The van der Waals surface area contributed by atoms with E-state index in [1.807, 2.05) is 0 Å². The van der Waals surface area contributed by atoms with Crippen LogP contribution in [0.5, 0.6) is 5.75 Å². The highest BCUT2D eigenvalue weighted by molar-refractivity contribution is 5.62. The summed E-state index contributed by atoms with van der Waals surface area (Å²) >= 11 is 0. The van der Waals surface area contributed by atoms with Crippen molar-refractivity contribution in [1.82, 2.24) is 0 Å². The molecule has 14 heavy (non-hydrogen) atoms. The number of halogens is 1. The van der Waals surface area contributed by atoms with E-state index in [4.69, 9.17) is 15.6 Å². The summed E-state index contributed by atoms with van der Waals surface area (Å²) in [5.74, 6) is -0.872. The number of phenolic OH excluding ortho intramolecular Hbond substituents is 1. The van der Waals surface area contributed by atoms with Gasteiger partial charge in [-0.15, -0.1) is 0 Å². The van der Waals surface area contributed by atoms with Crippen molar-refractivity contribution >= 4 is 6.08 Å². The van der Waals surface area contributed by atoms with Crippen LogP contribution in [-0.2, 0) is 0 Å². The molecule has 0 spiro atoms. The van der Waals surface area contributed by atoms with E-state index in [2.05, 4.69) is 0 Å². The van der Waals surface area contributed by atoms with Gasteiger partial charge in [0.1, 0.15) is 29.3 Å². The highest BCUT2D eigenvalue weighted by Gasteiger charge is 2.01. The fourth-order valence-electron chi connectivity index (χ4n) is 0.878. The Morgan fingerprint density at radius 3 is 2.50 bits per heavy atom. The Bertz CT molecular complexity index is 450. The second kappa shape index (κ2) is 4.06. The van der Waals surface area contributed by atoms with Gasteiger partial charge < -0.3 is 5.11 Å². The van der Waals surface area contributed by atoms with Crippen molar-refractivity contribution in [2.24, 2.45) is 0 Å². The lowest BCUT2D eigenvalue weighted by Crippen LogP contribution is -1.82. The number of nitrogens with zero attached hydrogens (tertiary/aromatic N) is 2. The van der Waals surface area contributed by atoms with Crippen LogP contribution in [0.3, 0.4) is 0 Å². The van der Waals surface area contributed by atoms with Gasteiger partial charge in [0.2, 0.25) is 0 Å². The van der Waals surface area contributed by atoms with Crippen molar-refractivity contribution in [3.05, 3.63) is 35.2 Å². The third-order valence-electron chi connectivity index (χ3n) is 1.52. The summed E-state index contributed by atoms with van der Waals surface area (Å²) in [7, 11) is 0. The topological polar surface area (TPSA) is 67.8 Å². The molecule has 0 saturated carbocycles. The van der Waals surface area contributed by atoms with Crippen LogP contribution in [-0.4, -0.2) is 5.11 Å². The summed E-state index contributed by atoms with van der Waals surface area (Å²) in [6, 6.07) is 6.71. The molecule has 0 saturated heterocycles.